The van der Waals surface area contributed by atoms with Crippen molar-refractivity contribution in [3.63, 3.8) is 0 Å². The number of carbonyl (C=O) groups excluding carboxylic acids is 1. The fourth-order valence-corrected chi connectivity index (χ4v) is 5.89. The van der Waals surface area contributed by atoms with Crippen molar-refractivity contribution in [2.24, 2.45) is 5.92 Å². The number of carboxylic acids is 1. The summed E-state index contributed by atoms with van der Waals surface area (Å²) in [6.45, 7) is 5.37. The van der Waals surface area contributed by atoms with E-state index in [2.05, 4.69) is 4.98 Å². The molecule has 3 aromatic rings. The predicted octanol–water partition coefficient (Wildman–Crippen LogP) is 6.16. The first kappa shape index (κ1) is 29.3. The minimum Gasteiger partial charge on any atom is -0.496 e. The summed E-state index contributed by atoms with van der Waals surface area (Å²) < 4.78 is 40.4. The summed E-state index contributed by atoms with van der Waals surface area (Å²) in [5.74, 6) is -1.71. The number of methoxy groups -OCH3 is 1. The number of rotatable bonds is 8. The number of hydrogen-bond donors (Lipinski definition) is 1. The van der Waals surface area contributed by atoms with Gasteiger partial charge in [0, 0.05) is 42.0 Å². The first-order chi connectivity index (χ1) is 21.1. The minimum absolute atomic E-state index is 0.0776. The fraction of sp³-hybridized carbons (Fsp3) is 0.333. The molecule has 0 radical (unpaired) electrons. The Morgan fingerprint density at radius 3 is 2.52 bits per heavy atom. The average molecular weight is 603 g/mol. The van der Waals surface area contributed by atoms with Crippen molar-refractivity contribution in [3.8, 4) is 16.9 Å². The molecule has 0 bridgehead atoms. The highest BCUT2D eigenvalue weighted by molar-refractivity contribution is 5.85. The molecule has 1 unspecified atom stereocenters. The van der Waals surface area contributed by atoms with E-state index in [0.29, 0.717) is 39.5 Å². The van der Waals surface area contributed by atoms with Gasteiger partial charge in [-0.15, -0.1) is 0 Å². The van der Waals surface area contributed by atoms with Crippen LogP contribution in [0.5, 0.6) is 5.75 Å². The number of carboxylic acid groups (broad SMARTS) is 1. The Morgan fingerprint density at radius 1 is 1.14 bits per heavy atom. The van der Waals surface area contributed by atoms with Crippen LogP contribution in [0.1, 0.15) is 49.6 Å². The van der Waals surface area contributed by atoms with Gasteiger partial charge in [0.05, 0.1) is 31.3 Å². The normalized spacial score (nSPS) is 21.4. The van der Waals surface area contributed by atoms with E-state index in [-0.39, 0.29) is 24.5 Å². The van der Waals surface area contributed by atoms with Crippen LogP contribution in [0, 0.1) is 17.6 Å². The second-order valence-corrected chi connectivity index (χ2v) is 11.3. The molecular formula is C33H32F2N4O5. The zero-order valence-electron chi connectivity index (χ0n) is 24.6. The Labute approximate surface area is 253 Å². The smallest absolute Gasteiger partial charge is 0.411 e. The van der Waals surface area contributed by atoms with Crippen LogP contribution in [-0.4, -0.2) is 58.3 Å². The van der Waals surface area contributed by atoms with Crippen molar-refractivity contribution < 1.29 is 33.0 Å². The van der Waals surface area contributed by atoms with Gasteiger partial charge in [0.15, 0.2) is 0 Å². The van der Waals surface area contributed by atoms with Crippen molar-refractivity contribution in [2.75, 3.05) is 25.1 Å². The summed E-state index contributed by atoms with van der Waals surface area (Å²) in [4.78, 5) is 37.8. The first-order valence-corrected chi connectivity index (χ1v) is 14.5. The molecule has 2 fully saturated rings. The van der Waals surface area contributed by atoms with E-state index in [1.165, 1.54) is 25.3 Å². The summed E-state index contributed by atoms with van der Waals surface area (Å²) in [6, 6.07) is 8.44. The van der Waals surface area contributed by atoms with Crippen LogP contribution in [0.4, 0.5) is 19.5 Å². The molecule has 6 rings (SSSR count). The van der Waals surface area contributed by atoms with Crippen molar-refractivity contribution in [1.29, 1.82) is 0 Å². The second kappa shape index (κ2) is 11.7. The molecule has 1 amide bonds. The lowest BCUT2D eigenvalue weighted by molar-refractivity contribution is -0.140. The highest BCUT2D eigenvalue weighted by Gasteiger charge is 2.40. The van der Waals surface area contributed by atoms with Gasteiger partial charge in [0.2, 0.25) is 5.95 Å². The van der Waals surface area contributed by atoms with Gasteiger partial charge >= 0.3 is 12.1 Å². The summed E-state index contributed by atoms with van der Waals surface area (Å²) in [5, 5.41) is 9.46. The molecule has 9 nitrogen and oxygen atoms in total. The number of hydrogen-bond acceptors (Lipinski definition) is 7. The summed E-state index contributed by atoms with van der Waals surface area (Å²) in [5.41, 5.74) is 3.93. The second-order valence-electron chi connectivity index (χ2n) is 11.3. The molecule has 1 aromatic heterocycles. The third kappa shape index (κ3) is 5.38. The van der Waals surface area contributed by atoms with E-state index >= 15 is 4.39 Å². The highest BCUT2D eigenvalue weighted by Crippen LogP contribution is 2.41. The number of allylic oxidation sites excluding steroid dienone is 3. The third-order valence-electron chi connectivity index (χ3n) is 8.57. The summed E-state index contributed by atoms with van der Waals surface area (Å²) in [7, 11) is 1.45. The van der Waals surface area contributed by atoms with Gasteiger partial charge in [-0.2, -0.15) is 0 Å². The van der Waals surface area contributed by atoms with E-state index in [9.17, 15) is 19.1 Å². The lowest BCUT2D eigenvalue weighted by Crippen LogP contribution is -2.39. The predicted molar refractivity (Wildman–Crippen MR) is 159 cm³/mol. The van der Waals surface area contributed by atoms with Gasteiger partial charge in [-0.05, 0) is 56.0 Å². The number of nitrogens with zero attached hydrogens (tertiary/aromatic N) is 4. The maximum absolute atomic E-state index is 15.5. The first-order valence-electron chi connectivity index (χ1n) is 14.5. The fourth-order valence-electron chi connectivity index (χ4n) is 5.89. The van der Waals surface area contributed by atoms with Crippen molar-refractivity contribution in [2.45, 2.75) is 45.4 Å². The number of halogens is 2. The summed E-state index contributed by atoms with van der Waals surface area (Å²) in [6.07, 6.45) is 5.04. The number of aromatic nitrogens is 2. The molecule has 0 spiro atoms. The molecule has 1 N–H and O–H groups in total. The molecule has 3 aliphatic rings. The van der Waals surface area contributed by atoms with Crippen LogP contribution in [0.3, 0.4) is 0 Å². The molecule has 3 heterocycles. The maximum Gasteiger partial charge on any atom is 0.411 e. The number of aliphatic carboxylic acids is 1. The van der Waals surface area contributed by atoms with E-state index < -0.39 is 35.9 Å². The number of ether oxygens (including phenoxy) is 2. The maximum atomic E-state index is 15.5. The van der Waals surface area contributed by atoms with E-state index in [0.717, 1.165) is 25.1 Å². The molecule has 44 heavy (non-hydrogen) atoms. The van der Waals surface area contributed by atoms with E-state index in [1.54, 1.807) is 48.4 Å². The van der Waals surface area contributed by atoms with Gasteiger partial charge in [-0.25, -0.2) is 23.5 Å². The minimum atomic E-state index is -0.934. The Kier molecular flexibility index (Phi) is 7.79. The van der Waals surface area contributed by atoms with Crippen molar-refractivity contribution >= 4 is 23.6 Å². The van der Waals surface area contributed by atoms with Crippen LogP contribution in [0.25, 0.3) is 16.7 Å². The lowest BCUT2D eigenvalue weighted by atomic mass is 9.86. The van der Waals surface area contributed by atoms with E-state index in [1.807, 2.05) is 11.8 Å². The molecule has 0 saturated carbocycles. The Bertz CT molecular complexity index is 1690. The van der Waals surface area contributed by atoms with Crippen molar-refractivity contribution in [1.82, 2.24) is 14.9 Å². The van der Waals surface area contributed by atoms with Crippen LogP contribution < -0.4 is 9.64 Å². The Morgan fingerprint density at radius 2 is 1.89 bits per heavy atom. The van der Waals surface area contributed by atoms with Crippen LogP contribution in [0.2, 0.25) is 0 Å². The zero-order chi connectivity index (χ0) is 31.1. The lowest BCUT2D eigenvalue weighted by Gasteiger charge is -2.31. The monoisotopic (exact) mass is 602 g/mol. The van der Waals surface area contributed by atoms with Crippen LogP contribution in [-0.2, 0) is 16.1 Å². The molecule has 228 valence electrons. The van der Waals surface area contributed by atoms with Gasteiger partial charge in [0.25, 0.3) is 0 Å². The van der Waals surface area contributed by atoms with Crippen molar-refractivity contribution in [3.05, 3.63) is 88.8 Å². The largest absolute Gasteiger partial charge is 0.496 e. The molecule has 1 aliphatic carbocycles. The Hall–Kier alpha value is -4.80. The quantitative estimate of drug-likeness (QED) is 0.327. The molecular weight excluding hydrogens is 570 g/mol. The molecule has 3 atom stereocenters. The standard InChI is InChI=1S/C33H32F2N4O5/c1-18-13-21(31(40)41)7-10-23(18)24-14-25(29(43-3)15-27(24)35)26-16-36-32(38-11-4-12-38)37-28(26)17-39-19(2)30(44-33(39)42)20-5-8-22(34)9-6-20/h5-10,14-16,19,21,30H,4,11-13,17H2,1-3H3,(H,40,41)/t19-,21?,30-/m0/s1. The van der Waals surface area contributed by atoms with E-state index in [4.69, 9.17) is 14.5 Å². The topological polar surface area (TPSA) is 105 Å². The molecule has 11 heteroatoms. The SMILES string of the molecule is COc1cc(F)c(C2=C(C)CC(C(=O)O)C=C2)cc1-c1cnc(N2CCC2)nc1CN1C(=O)O[C@H](c2ccc(F)cc2)[C@@H]1C. The molecule has 2 saturated heterocycles. The van der Waals surface area contributed by atoms with Crippen LogP contribution >= 0.6 is 0 Å². The molecule has 2 aliphatic heterocycles. The Balaban J connectivity index is 1.41. The van der Waals surface area contributed by atoms with Gasteiger partial charge < -0.3 is 19.5 Å². The average Bonchev–Trinajstić information content (AvgIpc) is 3.25. The van der Waals surface area contributed by atoms with Gasteiger partial charge in [-0.1, -0.05) is 29.9 Å². The number of carbonyl (C=O) groups is 2. The van der Waals surface area contributed by atoms with Gasteiger partial charge in [-0.3, -0.25) is 9.69 Å². The van der Waals surface area contributed by atoms with Gasteiger partial charge in [0.1, 0.15) is 23.5 Å². The number of amides is 1. The zero-order valence-corrected chi connectivity index (χ0v) is 24.6. The van der Waals surface area contributed by atoms with Crippen LogP contribution in [0.15, 0.2) is 60.3 Å². The summed E-state index contributed by atoms with van der Waals surface area (Å²) >= 11 is 0. The number of benzene rings is 2. The number of anilines is 1. The number of cyclic esters (lactones) is 1. The third-order valence-corrected chi connectivity index (χ3v) is 8.57. The highest BCUT2D eigenvalue weighted by atomic mass is 19.1. The molecule has 2 aromatic carbocycles.